The molecule has 0 saturated carbocycles. The van der Waals surface area contributed by atoms with E-state index in [1.165, 1.54) is 15.9 Å². The van der Waals surface area contributed by atoms with Crippen LogP contribution in [-0.2, 0) is 0 Å². The summed E-state index contributed by atoms with van der Waals surface area (Å²) in [5.41, 5.74) is 0.507. The van der Waals surface area contributed by atoms with Crippen LogP contribution in [0.2, 0.25) is 6.04 Å². The van der Waals surface area contributed by atoms with Crippen LogP contribution >= 0.6 is 24.2 Å². The van der Waals surface area contributed by atoms with Gasteiger partial charge in [-0.2, -0.15) is 6.00 Å². The predicted molar refractivity (Wildman–Crippen MR) is 120 cm³/mol. The van der Waals surface area contributed by atoms with Gasteiger partial charge < -0.3 is 0 Å². The molecule has 3 heteroatoms. The minimum atomic E-state index is -1.73. The summed E-state index contributed by atoms with van der Waals surface area (Å²) in [6.45, 7) is 2.38. The molecule has 0 aliphatic rings. The Morgan fingerprint density at radius 2 is 1.04 bits per heavy atom. The summed E-state index contributed by atoms with van der Waals surface area (Å²) in [4.78, 5) is 0. The molecule has 3 aromatic rings. The lowest BCUT2D eigenvalue weighted by Crippen LogP contribution is -2.37. The van der Waals surface area contributed by atoms with E-state index in [4.69, 9.17) is 6.00 Å². The molecule has 0 spiro atoms. The molecular weight excluding hydrogens is 403 g/mol. The second-order valence-electron chi connectivity index (χ2n) is 5.99. The topological polar surface area (TPSA) is 0 Å². The monoisotopic (exact) mass is 425 g/mol. The fourth-order valence-corrected chi connectivity index (χ4v) is 9.61. The molecule has 0 N–H and O–H groups in total. The van der Waals surface area contributed by atoms with Crippen molar-refractivity contribution in [1.29, 1.82) is 0 Å². The first-order valence-electron chi connectivity index (χ1n) is 8.29. The molecule has 0 amide bonds. The summed E-state index contributed by atoms with van der Waals surface area (Å²) >= 11 is 0. The van der Waals surface area contributed by atoms with Gasteiger partial charge in [0.15, 0.2) is 0 Å². The maximum atomic E-state index is 6.01. The van der Waals surface area contributed by atoms with Gasteiger partial charge in [0, 0.05) is 6.04 Å². The molecule has 25 heavy (non-hydrogen) atoms. The average molecular weight is 426 g/mol. The summed E-state index contributed by atoms with van der Waals surface area (Å²) < 4.78 is 0. The van der Waals surface area contributed by atoms with Gasteiger partial charge in [0.25, 0.3) is 0 Å². The van der Waals surface area contributed by atoms with Crippen LogP contribution in [0.5, 0.6) is 0 Å². The van der Waals surface area contributed by atoms with E-state index in [0.717, 1.165) is 6.04 Å². The van der Waals surface area contributed by atoms with Crippen molar-refractivity contribution in [2.45, 2.75) is 18.6 Å². The van der Waals surface area contributed by atoms with Crippen molar-refractivity contribution in [2.75, 3.05) is 0 Å². The van der Waals surface area contributed by atoms with Crippen molar-refractivity contribution in [2.24, 2.45) is 0 Å². The Hall–Kier alpha value is -1.43. The van der Waals surface area contributed by atoms with Gasteiger partial charge in [0.1, 0.15) is 23.2 Å². The van der Waals surface area contributed by atoms with E-state index in [9.17, 15) is 0 Å². The zero-order valence-electron chi connectivity index (χ0n) is 14.4. The zero-order valence-corrected chi connectivity index (χ0v) is 18.0. The van der Waals surface area contributed by atoms with E-state index in [0.29, 0.717) is 14.6 Å². The van der Waals surface area contributed by atoms with E-state index in [1.54, 1.807) is 0 Å². The van der Waals surface area contributed by atoms with Gasteiger partial charge in [0.2, 0.25) is 0 Å². The van der Waals surface area contributed by atoms with Crippen LogP contribution in [0.25, 0.3) is 0 Å². The third-order valence-electron chi connectivity index (χ3n) is 4.56. The first kappa shape index (κ1) is 19.9. The Kier molecular flexibility index (Phi) is 7.41. The van der Waals surface area contributed by atoms with E-state index < -0.39 is 7.26 Å². The predicted octanol–water partition coefficient (Wildman–Crippen LogP) is 4.66. The third kappa shape index (κ3) is 3.89. The molecule has 3 aromatic carbocycles. The van der Waals surface area contributed by atoms with Crippen molar-refractivity contribution in [3.63, 3.8) is 0 Å². The van der Waals surface area contributed by atoms with Crippen molar-refractivity contribution in [3.05, 3.63) is 91.0 Å². The highest BCUT2D eigenvalue weighted by molar-refractivity contribution is 8.93. The summed E-state index contributed by atoms with van der Waals surface area (Å²) in [5.74, 6) is 0. The molecule has 0 radical (unpaired) electrons. The smallest absolute Gasteiger partial charge is 0.115 e. The minimum absolute atomic E-state index is 0. The largest absolute Gasteiger partial charge is 0.158 e. The Morgan fingerprint density at radius 1 is 0.720 bits per heavy atom. The summed E-state index contributed by atoms with van der Waals surface area (Å²) in [6, 6.07) is 40.1. The molecule has 0 aliphatic heterocycles. The van der Waals surface area contributed by atoms with Gasteiger partial charge in [-0.3, -0.25) is 0 Å². The van der Waals surface area contributed by atoms with Crippen molar-refractivity contribution in [3.8, 4) is 6.00 Å². The molecule has 0 bridgehead atoms. The Labute approximate surface area is 164 Å². The minimum Gasteiger partial charge on any atom is -0.158 e. The number of hydrogen-bond donors (Lipinski definition) is 0. The molecular formula is C22H23BrPSi+. The highest BCUT2D eigenvalue weighted by Crippen LogP contribution is 2.60. The molecule has 126 valence electrons. The molecule has 0 saturated heterocycles. The molecule has 0 aromatic heterocycles. The second kappa shape index (κ2) is 9.32. The first-order chi connectivity index (χ1) is 11.8. The first-order valence-corrected chi connectivity index (χ1v) is 11.4. The third-order valence-corrected chi connectivity index (χ3v) is 10.6. The van der Waals surface area contributed by atoms with Crippen LogP contribution in [0.15, 0.2) is 91.0 Å². The molecule has 1 atom stereocenters. The van der Waals surface area contributed by atoms with Crippen molar-refractivity contribution < 1.29 is 0 Å². The Morgan fingerprint density at radius 3 is 1.32 bits per heavy atom. The molecule has 3 rings (SSSR count). The highest BCUT2D eigenvalue weighted by Gasteiger charge is 2.49. The number of hydrogen-bond acceptors (Lipinski definition) is 0. The summed E-state index contributed by atoms with van der Waals surface area (Å²) in [7, 11) is -1.26. The van der Waals surface area contributed by atoms with Crippen LogP contribution in [0.3, 0.4) is 0 Å². The SMILES string of the molecule is Br.C#[Si]CC(C)[P+](c1ccccc1)(c1ccccc1)c1ccccc1. The lowest BCUT2D eigenvalue weighted by atomic mass is 10.3. The number of halogens is 1. The van der Waals surface area contributed by atoms with E-state index >= 15 is 0 Å². The van der Waals surface area contributed by atoms with E-state index in [-0.39, 0.29) is 17.0 Å². The molecule has 1 unspecified atom stereocenters. The van der Waals surface area contributed by atoms with Crippen LogP contribution in [-0.4, -0.2) is 14.6 Å². The second-order valence-corrected chi connectivity index (χ2v) is 10.7. The highest BCUT2D eigenvalue weighted by atomic mass is 79.9. The molecule has 0 nitrogen and oxygen atoms in total. The normalized spacial score (nSPS) is 11.8. The van der Waals surface area contributed by atoms with Gasteiger partial charge in [-0.15, -0.1) is 17.0 Å². The average Bonchev–Trinajstić information content (AvgIpc) is 2.65. The van der Waals surface area contributed by atoms with Crippen molar-refractivity contribution >= 4 is 49.1 Å². The van der Waals surface area contributed by atoms with Gasteiger partial charge >= 0.3 is 0 Å². The zero-order chi connectivity index (χ0) is 16.8. The lowest BCUT2D eigenvalue weighted by Gasteiger charge is -2.32. The van der Waals surface area contributed by atoms with E-state index in [2.05, 4.69) is 97.9 Å². The summed E-state index contributed by atoms with van der Waals surface area (Å²) in [5, 5.41) is 4.31. The van der Waals surface area contributed by atoms with Gasteiger partial charge in [-0.25, -0.2) is 0 Å². The lowest BCUT2D eigenvalue weighted by molar-refractivity contribution is 1.08. The van der Waals surface area contributed by atoms with E-state index in [1.807, 2.05) is 0 Å². The van der Waals surface area contributed by atoms with Crippen LogP contribution in [0, 0.1) is 6.00 Å². The Balaban J connectivity index is 0.00000225. The molecule has 0 fully saturated rings. The van der Waals surface area contributed by atoms with Crippen LogP contribution in [0.1, 0.15) is 6.92 Å². The molecule has 0 heterocycles. The maximum Gasteiger partial charge on any atom is 0.115 e. The standard InChI is InChI=1S/C22H22PSi.BrH/c1-19(18-24-2)23(20-12-6-3-7-13-20,21-14-8-4-9-15-21)22-16-10-5-11-17-22;/h2-17,19H,18H2,1H3;1H/q+1;. The van der Waals surface area contributed by atoms with Gasteiger partial charge in [-0.05, 0) is 52.3 Å². The fraction of sp³-hybridized carbons (Fsp3) is 0.136. The number of benzene rings is 3. The van der Waals surface area contributed by atoms with Crippen LogP contribution < -0.4 is 15.9 Å². The van der Waals surface area contributed by atoms with Gasteiger partial charge in [0.05, 0.1) is 5.66 Å². The number of rotatable bonds is 5. The Bertz CT molecular complexity index is 716. The van der Waals surface area contributed by atoms with Crippen molar-refractivity contribution in [1.82, 2.24) is 0 Å². The molecule has 0 aliphatic carbocycles. The summed E-state index contributed by atoms with van der Waals surface area (Å²) in [6.07, 6.45) is 0. The maximum absolute atomic E-state index is 6.01. The van der Waals surface area contributed by atoms with Crippen LogP contribution in [0.4, 0.5) is 0 Å². The fourth-order valence-electron chi connectivity index (χ4n) is 3.51. The quantitative estimate of drug-likeness (QED) is 0.411. The van der Waals surface area contributed by atoms with Gasteiger partial charge in [-0.1, -0.05) is 54.6 Å².